The SMILES string of the molecule is CCOC(=O)CNC(=O)Cc1ccccc1C(=O)O. The highest BCUT2D eigenvalue weighted by Crippen LogP contribution is 2.09. The van der Waals surface area contributed by atoms with Crippen LogP contribution >= 0.6 is 0 Å². The maximum absolute atomic E-state index is 11.6. The second-order valence-corrected chi connectivity index (χ2v) is 3.72. The summed E-state index contributed by atoms with van der Waals surface area (Å²) in [6.45, 7) is 1.70. The average molecular weight is 265 g/mol. The summed E-state index contributed by atoms with van der Waals surface area (Å²) in [7, 11) is 0. The molecule has 0 aliphatic heterocycles. The van der Waals surface area contributed by atoms with Crippen LogP contribution in [0, 0.1) is 0 Å². The zero-order valence-corrected chi connectivity index (χ0v) is 10.5. The van der Waals surface area contributed by atoms with E-state index in [1.807, 2.05) is 0 Å². The number of esters is 1. The molecular formula is C13H15NO5. The standard InChI is InChI=1S/C13H15NO5/c1-2-19-12(16)8-14-11(15)7-9-5-3-4-6-10(9)13(17)18/h3-6H,2,7-8H2,1H3,(H,14,15)(H,17,18). The number of carboxylic acid groups (broad SMARTS) is 1. The fraction of sp³-hybridized carbons (Fsp3) is 0.308. The van der Waals surface area contributed by atoms with Crippen molar-refractivity contribution >= 4 is 17.8 Å². The molecule has 0 spiro atoms. The van der Waals surface area contributed by atoms with E-state index >= 15 is 0 Å². The van der Waals surface area contributed by atoms with E-state index in [-0.39, 0.29) is 25.1 Å². The number of aromatic carboxylic acids is 1. The summed E-state index contributed by atoms with van der Waals surface area (Å²) in [6, 6.07) is 6.23. The Kier molecular flexibility index (Phi) is 5.53. The third kappa shape index (κ3) is 4.79. The summed E-state index contributed by atoms with van der Waals surface area (Å²) in [4.78, 5) is 33.6. The molecule has 1 rings (SSSR count). The Balaban J connectivity index is 2.58. The first-order valence-corrected chi connectivity index (χ1v) is 5.78. The van der Waals surface area contributed by atoms with Gasteiger partial charge in [0, 0.05) is 0 Å². The third-order valence-electron chi connectivity index (χ3n) is 2.33. The molecule has 19 heavy (non-hydrogen) atoms. The third-order valence-corrected chi connectivity index (χ3v) is 2.33. The Morgan fingerprint density at radius 3 is 2.58 bits per heavy atom. The fourth-order valence-corrected chi connectivity index (χ4v) is 1.50. The van der Waals surface area contributed by atoms with Crippen LogP contribution in [-0.2, 0) is 20.7 Å². The second kappa shape index (κ2) is 7.15. The zero-order valence-electron chi connectivity index (χ0n) is 10.5. The topological polar surface area (TPSA) is 92.7 Å². The molecule has 0 radical (unpaired) electrons. The monoisotopic (exact) mass is 265 g/mol. The molecule has 0 atom stereocenters. The molecule has 0 bridgehead atoms. The lowest BCUT2D eigenvalue weighted by molar-refractivity contribution is -0.143. The molecule has 0 aliphatic rings. The lowest BCUT2D eigenvalue weighted by Crippen LogP contribution is -2.32. The average Bonchev–Trinajstić information content (AvgIpc) is 2.37. The maximum atomic E-state index is 11.6. The summed E-state index contributed by atoms with van der Waals surface area (Å²) in [5, 5.41) is 11.3. The van der Waals surface area contributed by atoms with Gasteiger partial charge in [-0.2, -0.15) is 0 Å². The minimum atomic E-state index is -1.09. The van der Waals surface area contributed by atoms with Gasteiger partial charge in [0.1, 0.15) is 6.54 Å². The summed E-state index contributed by atoms with van der Waals surface area (Å²) in [6.07, 6.45) is -0.0954. The number of hydrogen-bond donors (Lipinski definition) is 2. The Hall–Kier alpha value is -2.37. The van der Waals surface area contributed by atoms with Crippen molar-refractivity contribution in [2.45, 2.75) is 13.3 Å². The van der Waals surface area contributed by atoms with Gasteiger partial charge in [0.2, 0.25) is 5.91 Å². The number of carbonyl (C=O) groups is 3. The van der Waals surface area contributed by atoms with E-state index in [0.29, 0.717) is 5.56 Å². The Morgan fingerprint density at radius 1 is 1.26 bits per heavy atom. The zero-order chi connectivity index (χ0) is 14.3. The molecule has 1 aromatic rings. The molecule has 0 heterocycles. The van der Waals surface area contributed by atoms with Crippen LogP contribution < -0.4 is 5.32 Å². The molecule has 0 fully saturated rings. The van der Waals surface area contributed by atoms with Crippen LogP contribution in [-0.4, -0.2) is 36.1 Å². The number of rotatable bonds is 6. The van der Waals surface area contributed by atoms with Crippen LogP contribution in [0.3, 0.4) is 0 Å². The van der Waals surface area contributed by atoms with Gasteiger partial charge in [0.25, 0.3) is 0 Å². The number of hydrogen-bond acceptors (Lipinski definition) is 4. The van der Waals surface area contributed by atoms with E-state index in [2.05, 4.69) is 10.1 Å². The van der Waals surface area contributed by atoms with Crippen LogP contribution in [0.2, 0.25) is 0 Å². The van der Waals surface area contributed by atoms with Crippen molar-refractivity contribution in [1.29, 1.82) is 0 Å². The molecule has 6 heteroatoms. The summed E-state index contributed by atoms with van der Waals surface area (Å²) in [5.41, 5.74) is 0.477. The number of ether oxygens (including phenoxy) is 1. The molecule has 0 saturated heterocycles. The van der Waals surface area contributed by atoms with Crippen LogP contribution in [0.15, 0.2) is 24.3 Å². The second-order valence-electron chi connectivity index (χ2n) is 3.72. The van der Waals surface area contributed by atoms with Crippen LogP contribution in [0.1, 0.15) is 22.8 Å². The number of amides is 1. The molecule has 6 nitrogen and oxygen atoms in total. The molecule has 2 N–H and O–H groups in total. The predicted octanol–water partition coefficient (Wildman–Crippen LogP) is 0.607. The predicted molar refractivity (Wildman–Crippen MR) is 66.7 cm³/mol. The normalized spacial score (nSPS) is 9.74. The molecule has 1 aromatic carbocycles. The molecule has 1 amide bonds. The van der Waals surface area contributed by atoms with Gasteiger partial charge >= 0.3 is 11.9 Å². The minimum Gasteiger partial charge on any atom is -0.478 e. The van der Waals surface area contributed by atoms with Gasteiger partial charge in [0.15, 0.2) is 0 Å². The smallest absolute Gasteiger partial charge is 0.335 e. The molecule has 0 unspecified atom stereocenters. The maximum Gasteiger partial charge on any atom is 0.335 e. The lowest BCUT2D eigenvalue weighted by Gasteiger charge is -2.07. The van der Waals surface area contributed by atoms with E-state index in [0.717, 1.165) is 0 Å². The molecular weight excluding hydrogens is 250 g/mol. The van der Waals surface area contributed by atoms with Gasteiger partial charge < -0.3 is 15.2 Å². The molecule has 102 valence electrons. The van der Waals surface area contributed by atoms with Gasteiger partial charge in [-0.1, -0.05) is 18.2 Å². The van der Waals surface area contributed by atoms with Crippen LogP contribution in [0.25, 0.3) is 0 Å². The number of carboxylic acids is 1. The number of nitrogens with one attached hydrogen (secondary N) is 1. The lowest BCUT2D eigenvalue weighted by atomic mass is 10.0. The first-order chi connectivity index (χ1) is 9.04. The van der Waals surface area contributed by atoms with Gasteiger partial charge in [-0.3, -0.25) is 9.59 Å². The van der Waals surface area contributed by atoms with Crippen LogP contribution in [0.4, 0.5) is 0 Å². The van der Waals surface area contributed by atoms with Gasteiger partial charge in [0.05, 0.1) is 18.6 Å². The van der Waals surface area contributed by atoms with Crippen molar-refractivity contribution < 1.29 is 24.2 Å². The highest BCUT2D eigenvalue weighted by molar-refractivity contribution is 5.92. The van der Waals surface area contributed by atoms with E-state index in [9.17, 15) is 14.4 Å². The van der Waals surface area contributed by atoms with Crippen molar-refractivity contribution in [3.8, 4) is 0 Å². The van der Waals surface area contributed by atoms with Crippen molar-refractivity contribution in [3.05, 3.63) is 35.4 Å². The molecule has 0 saturated carbocycles. The first-order valence-electron chi connectivity index (χ1n) is 5.78. The largest absolute Gasteiger partial charge is 0.478 e. The number of carbonyl (C=O) groups excluding carboxylic acids is 2. The fourth-order valence-electron chi connectivity index (χ4n) is 1.50. The highest BCUT2D eigenvalue weighted by atomic mass is 16.5. The van der Waals surface area contributed by atoms with Gasteiger partial charge in [-0.05, 0) is 18.6 Å². The van der Waals surface area contributed by atoms with Gasteiger partial charge in [-0.15, -0.1) is 0 Å². The van der Waals surface area contributed by atoms with E-state index in [1.165, 1.54) is 6.07 Å². The van der Waals surface area contributed by atoms with Crippen molar-refractivity contribution in [3.63, 3.8) is 0 Å². The summed E-state index contributed by atoms with van der Waals surface area (Å²) in [5.74, 6) is -2.04. The molecule has 0 aromatic heterocycles. The minimum absolute atomic E-state index is 0.0776. The molecule has 0 aliphatic carbocycles. The summed E-state index contributed by atoms with van der Waals surface area (Å²) < 4.78 is 4.66. The Bertz CT molecular complexity index is 484. The van der Waals surface area contributed by atoms with E-state index < -0.39 is 17.8 Å². The van der Waals surface area contributed by atoms with Crippen molar-refractivity contribution in [2.24, 2.45) is 0 Å². The van der Waals surface area contributed by atoms with Crippen molar-refractivity contribution in [1.82, 2.24) is 5.32 Å². The quantitative estimate of drug-likeness (QED) is 0.735. The van der Waals surface area contributed by atoms with Crippen LogP contribution in [0.5, 0.6) is 0 Å². The highest BCUT2D eigenvalue weighted by Gasteiger charge is 2.13. The summed E-state index contributed by atoms with van der Waals surface area (Å²) >= 11 is 0. The first kappa shape index (κ1) is 14.7. The number of benzene rings is 1. The Labute approximate surface area is 110 Å². The van der Waals surface area contributed by atoms with Crippen molar-refractivity contribution in [2.75, 3.05) is 13.2 Å². The van der Waals surface area contributed by atoms with E-state index in [1.54, 1.807) is 25.1 Å². The van der Waals surface area contributed by atoms with Gasteiger partial charge in [-0.25, -0.2) is 4.79 Å². The van der Waals surface area contributed by atoms with E-state index in [4.69, 9.17) is 5.11 Å². The Morgan fingerprint density at radius 2 is 1.95 bits per heavy atom.